The second-order valence-electron chi connectivity index (χ2n) is 6.73. The highest BCUT2D eigenvalue weighted by atomic mass is 35.5. The minimum Gasteiger partial charge on any atom is -0.348 e. The number of halogens is 1. The van der Waals surface area contributed by atoms with Crippen molar-refractivity contribution >= 4 is 28.4 Å². The maximum Gasteiger partial charge on any atom is 0.242 e. The van der Waals surface area contributed by atoms with Crippen LogP contribution in [0.25, 0.3) is 22.2 Å². The van der Waals surface area contributed by atoms with Crippen molar-refractivity contribution in [3.63, 3.8) is 0 Å². The predicted molar refractivity (Wildman–Crippen MR) is 113 cm³/mol. The quantitative estimate of drug-likeness (QED) is 0.507. The third-order valence-electron chi connectivity index (χ3n) is 4.73. The van der Waals surface area contributed by atoms with Crippen molar-refractivity contribution in [1.29, 1.82) is 0 Å². The number of rotatable bonds is 5. The normalized spacial score (nSPS) is 12.1. The molecule has 1 N–H and O–H groups in total. The molecule has 0 aliphatic heterocycles. The highest BCUT2D eigenvalue weighted by molar-refractivity contribution is 6.31. The molecular weight excluding hydrogens is 370 g/mol. The van der Waals surface area contributed by atoms with Gasteiger partial charge in [-0.3, -0.25) is 9.48 Å². The van der Waals surface area contributed by atoms with Crippen molar-refractivity contribution in [2.75, 3.05) is 0 Å². The number of nitrogens with one attached hydrogen (secondary N) is 1. The second kappa shape index (κ2) is 7.87. The Morgan fingerprint density at radius 2 is 1.71 bits per heavy atom. The highest BCUT2D eigenvalue weighted by Gasteiger charge is 2.16. The molecule has 0 aliphatic rings. The van der Waals surface area contributed by atoms with Crippen LogP contribution in [0.5, 0.6) is 0 Å². The van der Waals surface area contributed by atoms with Gasteiger partial charge in [0.2, 0.25) is 5.91 Å². The van der Waals surface area contributed by atoms with Crippen LogP contribution in [0.1, 0.15) is 18.5 Å². The number of hydrogen-bond acceptors (Lipinski definition) is 2. The Morgan fingerprint density at radius 3 is 2.43 bits per heavy atom. The second-order valence-corrected chi connectivity index (χ2v) is 7.17. The monoisotopic (exact) mass is 389 g/mol. The molecule has 4 aromatic rings. The van der Waals surface area contributed by atoms with Crippen LogP contribution in [-0.4, -0.2) is 15.7 Å². The summed E-state index contributed by atoms with van der Waals surface area (Å²) >= 11 is 6.21. The predicted octanol–water partition coefficient (Wildman–Crippen LogP) is 5.23. The van der Waals surface area contributed by atoms with E-state index in [0.29, 0.717) is 5.02 Å². The molecule has 0 aliphatic carbocycles. The van der Waals surface area contributed by atoms with Gasteiger partial charge >= 0.3 is 0 Å². The molecule has 0 saturated heterocycles. The first-order valence-corrected chi connectivity index (χ1v) is 9.55. The summed E-state index contributed by atoms with van der Waals surface area (Å²) in [7, 11) is 0. The van der Waals surface area contributed by atoms with Gasteiger partial charge < -0.3 is 5.32 Å². The van der Waals surface area contributed by atoms with Gasteiger partial charge in [-0.1, -0.05) is 72.3 Å². The summed E-state index contributed by atoms with van der Waals surface area (Å²) < 4.78 is 1.74. The number of carbonyl (C=O) groups excluding carboxylic acids is 1. The first-order valence-electron chi connectivity index (χ1n) is 9.17. The van der Waals surface area contributed by atoms with E-state index in [-0.39, 0.29) is 18.5 Å². The molecule has 1 amide bonds. The van der Waals surface area contributed by atoms with Crippen molar-refractivity contribution in [1.82, 2.24) is 15.1 Å². The largest absolute Gasteiger partial charge is 0.348 e. The molecule has 0 radical (unpaired) electrons. The van der Waals surface area contributed by atoms with Gasteiger partial charge in [0.15, 0.2) is 0 Å². The lowest BCUT2D eigenvalue weighted by molar-refractivity contribution is -0.122. The van der Waals surface area contributed by atoms with E-state index >= 15 is 0 Å². The maximum absolute atomic E-state index is 12.7. The summed E-state index contributed by atoms with van der Waals surface area (Å²) in [5.74, 6) is -0.0877. The van der Waals surface area contributed by atoms with E-state index in [0.717, 1.165) is 27.7 Å². The molecule has 1 aromatic heterocycles. The Hall–Kier alpha value is -3.11. The Morgan fingerprint density at radius 1 is 1.04 bits per heavy atom. The number of aromatic nitrogens is 2. The summed E-state index contributed by atoms with van der Waals surface area (Å²) in [6.45, 7) is 2.12. The molecular formula is C23H20ClN3O. The van der Waals surface area contributed by atoms with Gasteiger partial charge in [0.05, 0.1) is 11.6 Å². The molecule has 0 spiro atoms. The molecule has 3 aromatic carbocycles. The van der Waals surface area contributed by atoms with Gasteiger partial charge in [0, 0.05) is 16.0 Å². The molecule has 4 rings (SSSR count). The lowest BCUT2D eigenvalue weighted by atomic mass is 10.1. The van der Waals surface area contributed by atoms with E-state index in [1.54, 1.807) is 4.68 Å². The van der Waals surface area contributed by atoms with Crippen molar-refractivity contribution in [3.05, 3.63) is 89.4 Å². The number of nitrogens with zero attached hydrogens (tertiary/aromatic N) is 2. The molecule has 0 saturated carbocycles. The number of amides is 1. The molecule has 0 unspecified atom stereocenters. The minimum absolute atomic E-state index is 0.0708. The number of fused-ring (bicyclic) bond motifs is 1. The molecule has 5 heteroatoms. The average molecular weight is 390 g/mol. The van der Waals surface area contributed by atoms with Crippen LogP contribution in [0, 0.1) is 0 Å². The zero-order chi connectivity index (χ0) is 19.5. The van der Waals surface area contributed by atoms with Crippen molar-refractivity contribution in [2.45, 2.75) is 19.5 Å². The molecule has 1 heterocycles. The third-order valence-corrected chi connectivity index (χ3v) is 4.97. The van der Waals surface area contributed by atoms with Gasteiger partial charge in [0.25, 0.3) is 0 Å². The molecule has 4 nitrogen and oxygen atoms in total. The van der Waals surface area contributed by atoms with E-state index < -0.39 is 0 Å². The van der Waals surface area contributed by atoms with Crippen LogP contribution >= 0.6 is 11.6 Å². The molecule has 0 bridgehead atoms. The SMILES string of the molecule is C[C@H](NC(=O)Cn1nc(-c2ccccc2)c2cc(Cl)ccc21)c1ccccc1. The van der Waals surface area contributed by atoms with E-state index in [9.17, 15) is 4.79 Å². The lowest BCUT2D eigenvalue weighted by Gasteiger charge is -2.14. The van der Waals surface area contributed by atoms with Crippen molar-refractivity contribution < 1.29 is 4.79 Å². The molecule has 140 valence electrons. The summed E-state index contributed by atoms with van der Waals surface area (Å²) in [4.78, 5) is 12.7. The number of carbonyl (C=O) groups is 1. The maximum atomic E-state index is 12.7. The van der Waals surface area contributed by atoms with Crippen molar-refractivity contribution in [2.24, 2.45) is 0 Å². The smallest absolute Gasteiger partial charge is 0.242 e. The first kappa shape index (κ1) is 18.3. The van der Waals surface area contributed by atoms with Crippen LogP contribution in [0.4, 0.5) is 0 Å². The zero-order valence-corrected chi connectivity index (χ0v) is 16.2. The van der Waals surface area contributed by atoms with E-state index in [1.807, 2.05) is 85.8 Å². The summed E-state index contributed by atoms with van der Waals surface area (Å²) in [6.07, 6.45) is 0. The first-order chi connectivity index (χ1) is 13.6. The van der Waals surface area contributed by atoms with Gasteiger partial charge in [-0.05, 0) is 30.7 Å². The van der Waals surface area contributed by atoms with E-state index in [1.165, 1.54) is 0 Å². The molecule has 28 heavy (non-hydrogen) atoms. The number of hydrogen-bond donors (Lipinski definition) is 1. The fourth-order valence-corrected chi connectivity index (χ4v) is 3.50. The van der Waals surface area contributed by atoms with Gasteiger partial charge in [-0.2, -0.15) is 5.10 Å². The van der Waals surface area contributed by atoms with Gasteiger partial charge in [-0.25, -0.2) is 0 Å². The minimum atomic E-state index is -0.0877. The van der Waals surface area contributed by atoms with Crippen LogP contribution in [-0.2, 0) is 11.3 Å². The average Bonchev–Trinajstić information content (AvgIpc) is 3.06. The van der Waals surface area contributed by atoms with Crippen LogP contribution in [0.2, 0.25) is 5.02 Å². The van der Waals surface area contributed by atoms with Gasteiger partial charge in [-0.15, -0.1) is 0 Å². The fraction of sp³-hybridized carbons (Fsp3) is 0.130. The fourth-order valence-electron chi connectivity index (χ4n) is 3.33. The summed E-state index contributed by atoms with van der Waals surface area (Å²) in [5, 5.41) is 9.34. The lowest BCUT2D eigenvalue weighted by Crippen LogP contribution is -2.30. The van der Waals surface area contributed by atoms with Crippen LogP contribution in [0.3, 0.4) is 0 Å². The summed E-state index contributed by atoms with van der Waals surface area (Å²) in [5.41, 5.74) is 3.76. The topological polar surface area (TPSA) is 46.9 Å². The molecule has 0 fully saturated rings. The molecule has 1 atom stereocenters. The standard InChI is InChI=1S/C23H20ClN3O/c1-16(17-8-4-2-5-9-17)25-22(28)15-27-21-13-12-19(24)14-20(21)23(26-27)18-10-6-3-7-11-18/h2-14,16H,15H2,1H3,(H,25,28)/t16-/m0/s1. The number of benzene rings is 3. The van der Waals surface area contributed by atoms with Crippen molar-refractivity contribution in [3.8, 4) is 11.3 Å². The summed E-state index contributed by atoms with van der Waals surface area (Å²) in [6, 6.07) is 25.4. The van der Waals surface area contributed by atoms with Crippen LogP contribution in [0.15, 0.2) is 78.9 Å². The van der Waals surface area contributed by atoms with Gasteiger partial charge in [0.1, 0.15) is 12.2 Å². The zero-order valence-electron chi connectivity index (χ0n) is 15.5. The Labute approximate surface area is 168 Å². The van der Waals surface area contributed by atoms with E-state index in [4.69, 9.17) is 16.7 Å². The van der Waals surface area contributed by atoms with Crippen LogP contribution < -0.4 is 5.32 Å². The Kier molecular flexibility index (Phi) is 5.13. The third kappa shape index (κ3) is 3.78. The Bertz CT molecular complexity index is 1110. The van der Waals surface area contributed by atoms with E-state index in [2.05, 4.69) is 5.32 Å². The Balaban J connectivity index is 1.63. The highest BCUT2D eigenvalue weighted by Crippen LogP contribution is 2.30.